The number of thiazole rings is 1. The van der Waals surface area contributed by atoms with E-state index in [1.807, 2.05) is 11.5 Å². The Morgan fingerprint density at radius 2 is 2.06 bits per heavy atom. The highest BCUT2D eigenvalue weighted by Crippen LogP contribution is 2.22. The SMILES string of the molecule is CCOCCn1c(=NC(=O)C2CCCCN2S(C)(=O)=O)sc2cc(C(=O)OC)ccc21. The summed E-state index contributed by atoms with van der Waals surface area (Å²) >= 11 is 1.27. The molecule has 170 valence electrons. The summed E-state index contributed by atoms with van der Waals surface area (Å²) in [7, 11) is -2.19. The van der Waals surface area contributed by atoms with Crippen molar-refractivity contribution < 1.29 is 27.5 Å². The van der Waals surface area contributed by atoms with Crippen LogP contribution in [0.25, 0.3) is 10.2 Å². The van der Waals surface area contributed by atoms with Crippen molar-refractivity contribution in [3.8, 4) is 0 Å². The monoisotopic (exact) mass is 469 g/mol. The van der Waals surface area contributed by atoms with Crippen LogP contribution in [0, 0.1) is 0 Å². The minimum atomic E-state index is -3.51. The topological polar surface area (TPSA) is 107 Å². The predicted molar refractivity (Wildman–Crippen MR) is 117 cm³/mol. The van der Waals surface area contributed by atoms with Crippen LogP contribution in [0.15, 0.2) is 23.2 Å². The van der Waals surface area contributed by atoms with Crippen LogP contribution in [0.3, 0.4) is 0 Å². The van der Waals surface area contributed by atoms with E-state index in [1.165, 1.54) is 22.8 Å². The second kappa shape index (κ2) is 10.0. The number of carbonyl (C=O) groups is 2. The van der Waals surface area contributed by atoms with Gasteiger partial charge in [0.1, 0.15) is 6.04 Å². The van der Waals surface area contributed by atoms with Gasteiger partial charge in [0.15, 0.2) is 4.80 Å². The maximum atomic E-state index is 13.0. The minimum absolute atomic E-state index is 0.323. The van der Waals surface area contributed by atoms with Gasteiger partial charge in [-0.05, 0) is 38.0 Å². The number of hydrogen-bond donors (Lipinski definition) is 0. The number of piperidine rings is 1. The molecule has 1 saturated heterocycles. The van der Waals surface area contributed by atoms with E-state index < -0.39 is 27.9 Å². The molecular formula is C20H27N3O6S2. The fraction of sp³-hybridized carbons (Fsp3) is 0.550. The van der Waals surface area contributed by atoms with Gasteiger partial charge in [-0.1, -0.05) is 17.8 Å². The molecule has 1 aliphatic rings. The summed E-state index contributed by atoms with van der Waals surface area (Å²) in [4.78, 5) is 29.7. The van der Waals surface area contributed by atoms with Crippen LogP contribution in [0.1, 0.15) is 36.5 Å². The molecule has 1 aromatic heterocycles. The van der Waals surface area contributed by atoms with E-state index in [1.54, 1.807) is 18.2 Å². The van der Waals surface area contributed by atoms with Crippen molar-refractivity contribution in [3.05, 3.63) is 28.6 Å². The third-order valence-corrected chi connectivity index (χ3v) is 7.47. The van der Waals surface area contributed by atoms with Gasteiger partial charge in [-0.15, -0.1) is 0 Å². The zero-order valence-electron chi connectivity index (χ0n) is 17.9. The molecule has 0 radical (unpaired) electrons. The molecule has 3 rings (SSSR count). The van der Waals surface area contributed by atoms with Crippen molar-refractivity contribution in [2.24, 2.45) is 4.99 Å². The van der Waals surface area contributed by atoms with E-state index in [2.05, 4.69) is 4.99 Å². The van der Waals surface area contributed by atoms with Crippen LogP contribution in [0.4, 0.5) is 0 Å². The van der Waals surface area contributed by atoms with E-state index in [9.17, 15) is 18.0 Å². The van der Waals surface area contributed by atoms with Crippen LogP contribution < -0.4 is 4.80 Å². The van der Waals surface area contributed by atoms with Crippen molar-refractivity contribution >= 4 is 43.5 Å². The lowest BCUT2D eigenvalue weighted by atomic mass is 10.0. The summed E-state index contributed by atoms with van der Waals surface area (Å²) < 4.78 is 38.4. The van der Waals surface area contributed by atoms with E-state index >= 15 is 0 Å². The molecule has 1 unspecified atom stereocenters. The van der Waals surface area contributed by atoms with E-state index in [-0.39, 0.29) is 0 Å². The van der Waals surface area contributed by atoms with Crippen molar-refractivity contribution in [2.75, 3.05) is 33.1 Å². The maximum Gasteiger partial charge on any atom is 0.337 e. The molecule has 2 aromatic rings. The average molecular weight is 470 g/mol. The molecule has 1 amide bonds. The number of fused-ring (bicyclic) bond motifs is 1. The molecule has 0 spiro atoms. The number of ether oxygens (including phenoxy) is 2. The zero-order chi connectivity index (χ0) is 22.6. The number of amides is 1. The standard InChI is InChI=1S/C20H27N3O6S2/c1-4-29-12-11-22-15-9-8-14(19(25)28-2)13-17(15)30-20(22)21-18(24)16-7-5-6-10-23(16)31(3,26)27/h8-9,13,16H,4-7,10-12H2,1-3H3. The van der Waals surface area contributed by atoms with Crippen molar-refractivity contribution in [3.63, 3.8) is 0 Å². The Labute approximate surface area is 185 Å². The molecule has 2 heterocycles. The summed E-state index contributed by atoms with van der Waals surface area (Å²) in [5, 5.41) is 0. The molecule has 1 aliphatic heterocycles. The lowest BCUT2D eigenvalue weighted by Gasteiger charge is -2.31. The van der Waals surface area contributed by atoms with Crippen LogP contribution >= 0.6 is 11.3 Å². The van der Waals surface area contributed by atoms with E-state index in [0.29, 0.717) is 43.1 Å². The highest BCUT2D eigenvalue weighted by molar-refractivity contribution is 7.88. The van der Waals surface area contributed by atoms with Crippen molar-refractivity contribution in [2.45, 2.75) is 38.8 Å². The Morgan fingerprint density at radius 3 is 2.74 bits per heavy atom. The largest absolute Gasteiger partial charge is 0.465 e. The number of benzene rings is 1. The zero-order valence-corrected chi connectivity index (χ0v) is 19.5. The number of rotatable bonds is 7. The quantitative estimate of drug-likeness (QED) is 0.452. The van der Waals surface area contributed by atoms with Crippen molar-refractivity contribution in [1.29, 1.82) is 0 Å². The molecule has 1 atom stereocenters. The van der Waals surface area contributed by atoms with Crippen LogP contribution in [0.2, 0.25) is 0 Å². The van der Waals surface area contributed by atoms with Gasteiger partial charge in [-0.2, -0.15) is 9.30 Å². The number of aromatic nitrogens is 1. The Hall–Kier alpha value is -2.08. The molecule has 9 nitrogen and oxygen atoms in total. The number of esters is 1. The fourth-order valence-corrected chi connectivity index (χ4v) is 5.86. The molecule has 0 bridgehead atoms. The van der Waals surface area contributed by atoms with E-state index in [4.69, 9.17) is 9.47 Å². The van der Waals surface area contributed by atoms with Crippen LogP contribution in [-0.2, 0) is 30.8 Å². The Morgan fingerprint density at radius 1 is 1.29 bits per heavy atom. The Kier molecular flexibility index (Phi) is 7.63. The van der Waals surface area contributed by atoms with Gasteiger partial charge in [0.25, 0.3) is 5.91 Å². The molecular weight excluding hydrogens is 442 g/mol. The molecule has 0 N–H and O–H groups in total. The second-order valence-electron chi connectivity index (χ2n) is 7.24. The van der Waals surface area contributed by atoms with Gasteiger partial charge < -0.3 is 14.0 Å². The first-order chi connectivity index (χ1) is 14.8. The van der Waals surface area contributed by atoms with Crippen LogP contribution in [-0.4, -0.2) is 68.3 Å². The second-order valence-corrected chi connectivity index (χ2v) is 10.2. The first kappa shape index (κ1) is 23.6. The number of nitrogens with zero attached hydrogens (tertiary/aromatic N) is 3. The maximum absolute atomic E-state index is 13.0. The average Bonchev–Trinajstić information content (AvgIpc) is 3.09. The predicted octanol–water partition coefficient (Wildman–Crippen LogP) is 1.77. The van der Waals surface area contributed by atoms with Crippen molar-refractivity contribution in [1.82, 2.24) is 8.87 Å². The van der Waals surface area contributed by atoms with Gasteiger partial charge in [0.05, 0.1) is 35.8 Å². The first-order valence-electron chi connectivity index (χ1n) is 10.1. The number of methoxy groups -OCH3 is 1. The molecule has 1 aromatic carbocycles. The molecule has 0 aliphatic carbocycles. The van der Waals surface area contributed by atoms with Gasteiger partial charge >= 0.3 is 5.97 Å². The van der Waals surface area contributed by atoms with Gasteiger partial charge in [-0.25, -0.2) is 13.2 Å². The molecule has 1 fully saturated rings. The smallest absolute Gasteiger partial charge is 0.337 e. The summed E-state index contributed by atoms with van der Waals surface area (Å²) in [6.45, 7) is 3.69. The lowest BCUT2D eigenvalue weighted by Crippen LogP contribution is -2.47. The summed E-state index contributed by atoms with van der Waals surface area (Å²) in [5.74, 6) is -0.924. The summed E-state index contributed by atoms with van der Waals surface area (Å²) in [6.07, 6.45) is 3.07. The third-order valence-electron chi connectivity index (χ3n) is 5.14. The van der Waals surface area contributed by atoms with Gasteiger partial charge in [0, 0.05) is 19.7 Å². The summed E-state index contributed by atoms with van der Waals surface area (Å²) in [5.41, 5.74) is 1.22. The first-order valence-corrected chi connectivity index (χ1v) is 12.8. The highest BCUT2D eigenvalue weighted by Gasteiger charge is 2.34. The highest BCUT2D eigenvalue weighted by atomic mass is 32.2. The molecule has 11 heteroatoms. The number of hydrogen-bond acceptors (Lipinski definition) is 7. The molecule has 0 saturated carbocycles. The number of carbonyl (C=O) groups excluding carboxylic acids is 2. The fourth-order valence-electron chi connectivity index (χ4n) is 3.64. The number of sulfonamides is 1. The molecule has 31 heavy (non-hydrogen) atoms. The van der Waals surface area contributed by atoms with Crippen LogP contribution in [0.5, 0.6) is 0 Å². The Bertz CT molecular complexity index is 1140. The van der Waals surface area contributed by atoms with E-state index in [0.717, 1.165) is 29.3 Å². The normalized spacial score (nSPS) is 18.4. The summed E-state index contributed by atoms with van der Waals surface area (Å²) in [6, 6.07) is 4.36. The van der Waals surface area contributed by atoms with Gasteiger partial charge in [0.2, 0.25) is 10.0 Å². The lowest BCUT2D eigenvalue weighted by molar-refractivity contribution is -0.122. The third kappa shape index (κ3) is 5.40. The Balaban J connectivity index is 2.05. The van der Waals surface area contributed by atoms with Gasteiger partial charge in [-0.3, -0.25) is 4.79 Å². The minimum Gasteiger partial charge on any atom is -0.465 e.